The number of nitrogens with zero attached hydrogens (tertiary/aromatic N) is 2. The molecule has 1 aliphatic rings. The molecule has 2 rings (SSSR count). The molecule has 1 aromatic rings. The molecule has 0 aromatic heterocycles. The predicted molar refractivity (Wildman–Crippen MR) is 83.2 cm³/mol. The number of ether oxygens (including phenoxy) is 1. The van der Waals surface area contributed by atoms with E-state index in [0.29, 0.717) is 0 Å². The predicted octanol–water partition coefficient (Wildman–Crippen LogP) is 2.69. The fraction of sp³-hybridized carbons (Fsp3) is 0.600. The SMILES string of the molecule is CCN1CCC(N(C)S(=O)(=O)c2ccc(OC(F)(F)F)cc2)CC1. The number of benzene rings is 1. The summed E-state index contributed by atoms with van der Waals surface area (Å²) in [4.78, 5) is 2.21. The lowest BCUT2D eigenvalue weighted by Crippen LogP contribution is -2.45. The van der Waals surface area contributed by atoms with E-state index in [4.69, 9.17) is 0 Å². The largest absolute Gasteiger partial charge is 0.573 e. The zero-order valence-electron chi connectivity index (χ0n) is 13.6. The molecule has 0 aliphatic carbocycles. The molecule has 5 nitrogen and oxygen atoms in total. The molecule has 1 fully saturated rings. The first-order chi connectivity index (χ1) is 11.1. The summed E-state index contributed by atoms with van der Waals surface area (Å²) in [6.45, 7) is 4.66. The number of alkyl halides is 3. The number of hydrogen-bond acceptors (Lipinski definition) is 4. The Morgan fingerprint density at radius 3 is 2.21 bits per heavy atom. The van der Waals surface area contributed by atoms with E-state index in [-0.39, 0.29) is 10.9 Å². The highest BCUT2D eigenvalue weighted by Crippen LogP contribution is 2.26. The first-order valence-electron chi connectivity index (χ1n) is 7.69. The number of rotatable bonds is 5. The third-order valence-electron chi connectivity index (χ3n) is 4.25. The summed E-state index contributed by atoms with van der Waals surface area (Å²) in [6, 6.07) is 4.17. The molecule has 1 saturated heterocycles. The minimum absolute atomic E-state index is 0.0440. The van der Waals surface area contributed by atoms with Crippen molar-refractivity contribution in [2.75, 3.05) is 26.7 Å². The number of hydrogen-bond donors (Lipinski definition) is 0. The zero-order chi connectivity index (χ0) is 18.0. The van der Waals surface area contributed by atoms with Gasteiger partial charge in [-0.15, -0.1) is 13.2 Å². The minimum atomic E-state index is -4.80. The number of likely N-dealkylation sites (tertiary alicyclic amines) is 1. The highest BCUT2D eigenvalue weighted by Gasteiger charge is 2.32. The normalized spacial score (nSPS) is 18.1. The molecule has 1 aromatic carbocycles. The Kier molecular flexibility index (Phi) is 5.77. The maximum Gasteiger partial charge on any atom is 0.573 e. The van der Waals surface area contributed by atoms with Gasteiger partial charge in [0.25, 0.3) is 0 Å². The van der Waals surface area contributed by atoms with Crippen molar-refractivity contribution in [2.24, 2.45) is 0 Å². The lowest BCUT2D eigenvalue weighted by atomic mass is 10.1. The van der Waals surface area contributed by atoms with E-state index in [2.05, 4.69) is 16.6 Å². The summed E-state index contributed by atoms with van der Waals surface area (Å²) in [5.41, 5.74) is 0. The maximum atomic E-state index is 12.6. The average molecular weight is 366 g/mol. The minimum Gasteiger partial charge on any atom is -0.406 e. The molecule has 0 N–H and O–H groups in total. The molecular formula is C15H21F3N2O3S. The van der Waals surface area contributed by atoms with Gasteiger partial charge in [0, 0.05) is 13.1 Å². The lowest BCUT2D eigenvalue weighted by Gasteiger charge is -2.35. The van der Waals surface area contributed by atoms with Crippen molar-refractivity contribution < 1.29 is 26.3 Å². The summed E-state index contributed by atoms with van der Waals surface area (Å²) in [5.74, 6) is -0.444. The summed E-state index contributed by atoms with van der Waals surface area (Å²) in [6.07, 6.45) is -3.33. The molecule has 0 saturated carbocycles. The van der Waals surface area contributed by atoms with Gasteiger partial charge in [0.1, 0.15) is 5.75 Å². The molecule has 1 aliphatic heterocycles. The Hall–Kier alpha value is -1.32. The van der Waals surface area contributed by atoms with Gasteiger partial charge in [-0.2, -0.15) is 4.31 Å². The van der Waals surface area contributed by atoms with Crippen LogP contribution in [-0.4, -0.2) is 56.7 Å². The Bertz CT molecular complexity index is 639. The fourth-order valence-corrected chi connectivity index (χ4v) is 4.19. The van der Waals surface area contributed by atoms with Crippen molar-refractivity contribution in [2.45, 2.75) is 37.1 Å². The number of piperidine rings is 1. The van der Waals surface area contributed by atoms with Crippen molar-refractivity contribution in [3.8, 4) is 5.75 Å². The van der Waals surface area contributed by atoms with Gasteiger partial charge < -0.3 is 9.64 Å². The molecule has 1 heterocycles. The first kappa shape index (κ1) is 19.0. The van der Waals surface area contributed by atoms with Gasteiger partial charge in [0.2, 0.25) is 10.0 Å². The van der Waals surface area contributed by atoms with Crippen molar-refractivity contribution >= 4 is 10.0 Å². The Morgan fingerprint density at radius 2 is 1.75 bits per heavy atom. The second kappa shape index (κ2) is 7.28. The van der Waals surface area contributed by atoms with Gasteiger partial charge in [-0.25, -0.2) is 8.42 Å². The standard InChI is InChI=1S/C15H21F3N2O3S/c1-3-20-10-8-12(9-11-20)19(2)24(21,22)14-6-4-13(5-7-14)23-15(16,17)18/h4-7,12H,3,8-11H2,1-2H3. The van der Waals surface area contributed by atoms with Crippen LogP contribution < -0.4 is 4.74 Å². The van der Waals surface area contributed by atoms with Gasteiger partial charge in [0.05, 0.1) is 4.90 Å². The van der Waals surface area contributed by atoms with Crippen LogP contribution in [0.2, 0.25) is 0 Å². The van der Waals surface area contributed by atoms with E-state index >= 15 is 0 Å². The second-order valence-corrected chi connectivity index (χ2v) is 7.70. The van der Waals surface area contributed by atoms with Gasteiger partial charge >= 0.3 is 6.36 Å². The van der Waals surface area contributed by atoms with E-state index < -0.39 is 22.1 Å². The van der Waals surface area contributed by atoms with Crippen molar-refractivity contribution in [3.63, 3.8) is 0 Å². The Morgan fingerprint density at radius 1 is 1.21 bits per heavy atom. The van der Waals surface area contributed by atoms with Crippen LogP contribution in [0.1, 0.15) is 19.8 Å². The van der Waals surface area contributed by atoms with Crippen LogP contribution in [0.15, 0.2) is 29.2 Å². The topological polar surface area (TPSA) is 49.9 Å². The quantitative estimate of drug-likeness (QED) is 0.804. The van der Waals surface area contributed by atoms with E-state index in [9.17, 15) is 21.6 Å². The van der Waals surface area contributed by atoms with Gasteiger partial charge in [-0.05, 0) is 56.7 Å². The molecule has 0 radical (unpaired) electrons. The van der Waals surface area contributed by atoms with E-state index in [1.807, 2.05) is 0 Å². The van der Waals surface area contributed by atoms with E-state index in [1.165, 1.54) is 11.4 Å². The van der Waals surface area contributed by atoms with E-state index in [0.717, 1.165) is 56.7 Å². The molecule has 24 heavy (non-hydrogen) atoms. The summed E-state index contributed by atoms with van der Waals surface area (Å²) >= 11 is 0. The first-order valence-corrected chi connectivity index (χ1v) is 9.13. The van der Waals surface area contributed by atoms with Gasteiger partial charge in [-0.3, -0.25) is 0 Å². The second-order valence-electron chi connectivity index (χ2n) is 5.71. The molecule has 0 atom stereocenters. The fourth-order valence-electron chi connectivity index (χ4n) is 2.77. The summed E-state index contributed by atoms with van der Waals surface area (Å²) < 4.78 is 66.8. The maximum absolute atomic E-state index is 12.6. The lowest BCUT2D eigenvalue weighted by molar-refractivity contribution is -0.274. The number of sulfonamides is 1. The van der Waals surface area contributed by atoms with Gasteiger partial charge in [0.15, 0.2) is 0 Å². The highest BCUT2D eigenvalue weighted by atomic mass is 32.2. The summed E-state index contributed by atoms with van der Waals surface area (Å²) in [7, 11) is -2.23. The molecule has 0 amide bonds. The van der Waals surface area contributed by atoms with Crippen LogP contribution in [-0.2, 0) is 10.0 Å². The molecule has 9 heteroatoms. The third-order valence-corrected chi connectivity index (χ3v) is 6.18. The zero-order valence-corrected chi connectivity index (χ0v) is 14.4. The Labute approximate surface area is 140 Å². The molecule has 136 valence electrons. The van der Waals surface area contributed by atoms with Crippen LogP contribution in [0, 0.1) is 0 Å². The molecular weight excluding hydrogens is 345 g/mol. The third kappa shape index (κ3) is 4.61. The molecule has 0 spiro atoms. The smallest absolute Gasteiger partial charge is 0.406 e. The molecule has 0 unspecified atom stereocenters. The van der Waals surface area contributed by atoms with Gasteiger partial charge in [-0.1, -0.05) is 6.92 Å². The summed E-state index contributed by atoms with van der Waals surface area (Å²) in [5, 5.41) is 0. The Balaban J connectivity index is 2.09. The monoisotopic (exact) mass is 366 g/mol. The van der Waals surface area contributed by atoms with E-state index in [1.54, 1.807) is 0 Å². The van der Waals surface area contributed by atoms with Crippen LogP contribution in [0.5, 0.6) is 5.75 Å². The van der Waals surface area contributed by atoms with Crippen molar-refractivity contribution in [3.05, 3.63) is 24.3 Å². The van der Waals surface area contributed by atoms with Crippen LogP contribution in [0.4, 0.5) is 13.2 Å². The van der Waals surface area contributed by atoms with Crippen molar-refractivity contribution in [1.29, 1.82) is 0 Å². The van der Waals surface area contributed by atoms with Crippen molar-refractivity contribution in [1.82, 2.24) is 9.21 Å². The van der Waals surface area contributed by atoms with Crippen LogP contribution in [0.3, 0.4) is 0 Å². The van der Waals surface area contributed by atoms with Crippen LogP contribution in [0.25, 0.3) is 0 Å². The number of halogens is 3. The van der Waals surface area contributed by atoms with Crippen LogP contribution >= 0.6 is 0 Å². The molecule has 0 bridgehead atoms. The average Bonchev–Trinajstić information content (AvgIpc) is 2.53. The highest BCUT2D eigenvalue weighted by molar-refractivity contribution is 7.89.